The van der Waals surface area contributed by atoms with Gasteiger partial charge < -0.3 is 20.1 Å². The lowest BCUT2D eigenvalue weighted by Crippen LogP contribution is -2.43. The zero-order valence-electron chi connectivity index (χ0n) is 20.2. The highest BCUT2D eigenvalue weighted by atomic mass is 35.5. The molecule has 0 spiro atoms. The Morgan fingerprint density at radius 3 is 2.59 bits per heavy atom. The number of carbonyl (C=O) groups is 1. The molecule has 2 heterocycles. The molecule has 6 nitrogen and oxygen atoms in total. The fourth-order valence-electron chi connectivity index (χ4n) is 5.27. The third-order valence-electron chi connectivity index (χ3n) is 7.47. The summed E-state index contributed by atoms with van der Waals surface area (Å²) in [4.78, 5) is 19.5. The molecule has 1 amide bonds. The van der Waals surface area contributed by atoms with E-state index < -0.39 is 0 Å². The Bertz CT molecular complexity index is 1190. The number of nitrogens with zero attached hydrogens (tertiary/aromatic N) is 3. The molecule has 34 heavy (non-hydrogen) atoms. The lowest BCUT2D eigenvalue weighted by Gasteiger charge is -2.35. The van der Waals surface area contributed by atoms with Crippen molar-refractivity contribution in [2.24, 2.45) is 7.05 Å². The number of fused-ring (bicyclic) bond motifs is 1. The second kappa shape index (κ2) is 9.59. The van der Waals surface area contributed by atoms with Crippen LogP contribution in [0.4, 0.5) is 11.6 Å². The normalized spacial score (nSPS) is 17.9. The standard InChI is InChI=1S/C27H34ClN5O/c1-27(12-4-3-5-13-27)29-18-19-8-10-21(28)22(16-19)30-26-31-23-17-20(9-11-24(23)32(26)2)25(34)33-14-6-7-15-33/h8-11,16-17,29H,3-7,12-15,18H2,1-2H3,(H,30,31). The molecule has 7 heteroatoms. The largest absolute Gasteiger partial charge is 0.339 e. The molecular weight excluding hydrogens is 446 g/mol. The van der Waals surface area contributed by atoms with Crippen LogP contribution in [0.2, 0.25) is 5.02 Å². The summed E-state index contributed by atoms with van der Waals surface area (Å²) in [6.07, 6.45) is 8.57. The maximum Gasteiger partial charge on any atom is 0.253 e. The number of carbonyl (C=O) groups excluding carboxylic acids is 1. The Morgan fingerprint density at radius 2 is 1.82 bits per heavy atom. The highest BCUT2D eigenvalue weighted by Gasteiger charge is 2.26. The van der Waals surface area contributed by atoms with E-state index in [0.29, 0.717) is 16.5 Å². The van der Waals surface area contributed by atoms with Crippen molar-refractivity contribution in [2.75, 3.05) is 18.4 Å². The topological polar surface area (TPSA) is 62.2 Å². The minimum atomic E-state index is 0.0921. The van der Waals surface area contributed by atoms with Crippen LogP contribution in [0.5, 0.6) is 0 Å². The van der Waals surface area contributed by atoms with Crippen molar-refractivity contribution in [1.82, 2.24) is 19.8 Å². The van der Waals surface area contributed by atoms with E-state index in [1.165, 1.54) is 37.7 Å². The monoisotopic (exact) mass is 479 g/mol. The SMILES string of the molecule is Cn1c(Nc2cc(CNC3(C)CCCCC3)ccc2Cl)nc2cc(C(=O)N3CCCC3)ccc21. The van der Waals surface area contributed by atoms with Gasteiger partial charge in [-0.3, -0.25) is 4.79 Å². The maximum atomic E-state index is 12.8. The summed E-state index contributed by atoms with van der Waals surface area (Å²) in [5.41, 5.74) is 4.71. The summed E-state index contributed by atoms with van der Waals surface area (Å²) in [5.74, 6) is 0.793. The van der Waals surface area contributed by atoms with E-state index in [0.717, 1.165) is 49.2 Å². The summed E-state index contributed by atoms with van der Waals surface area (Å²) < 4.78 is 2.00. The average molecular weight is 480 g/mol. The van der Waals surface area contributed by atoms with E-state index in [2.05, 4.69) is 29.7 Å². The van der Waals surface area contributed by atoms with Gasteiger partial charge in [0.05, 0.1) is 21.7 Å². The summed E-state index contributed by atoms with van der Waals surface area (Å²) >= 11 is 6.54. The van der Waals surface area contributed by atoms with Gasteiger partial charge in [-0.2, -0.15) is 0 Å². The zero-order valence-corrected chi connectivity index (χ0v) is 20.9. The Hall–Kier alpha value is -2.57. The summed E-state index contributed by atoms with van der Waals surface area (Å²) in [6.45, 7) is 4.83. The molecule has 3 aromatic rings. The van der Waals surface area contributed by atoms with Crippen molar-refractivity contribution in [3.8, 4) is 0 Å². The quantitative estimate of drug-likeness (QED) is 0.454. The number of hydrogen-bond acceptors (Lipinski definition) is 4. The van der Waals surface area contributed by atoms with Crippen LogP contribution in [-0.2, 0) is 13.6 Å². The van der Waals surface area contributed by atoms with Crippen LogP contribution in [0.25, 0.3) is 11.0 Å². The van der Waals surface area contributed by atoms with Crippen molar-refractivity contribution in [2.45, 2.75) is 64.0 Å². The number of aromatic nitrogens is 2. The van der Waals surface area contributed by atoms with Crippen LogP contribution >= 0.6 is 11.6 Å². The molecule has 1 aromatic heterocycles. The predicted octanol–water partition coefficient (Wildman–Crippen LogP) is 6.02. The molecule has 0 radical (unpaired) electrons. The van der Waals surface area contributed by atoms with Crippen LogP contribution in [0.3, 0.4) is 0 Å². The van der Waals surface area contributed by atoms with Crippen LogP contribution in [0.15, 0.2) is 36.4 Å². The van der Waals surface area contributed by atoms with Gasteiger partial charge in [0.2, 0.25) is 5.95 Å². The molecule has 1 saturated carbocycles. The van der Waals surface area contributed by atoms with E-state index in [1.54, 1.807) is 0 Å². The highest BCUT2D eigenvalue weighted by Crippen LogP contribution is 2.31. The number of amides is 1. The number of aryl methyl sites for hydroxylation is 1. The fraction of sp³-hybridized carbons (Fsp3) is 0.481. The molecule has 1 saturated heterocycles. The first kappa shape index (κ1) is 23.2. The van der Waals surface area contributed by atoms with Gasteiger partial charge in [-0.25, -0.2) is 4.98 Å². The minimum absolute atomic E-state index is 0.0921. The molecule has 2 aromatic carbocycles. The molecule has 2 fully saturated rings. The van der Waals surface area contributed by atoms with E-state index in [9.17, 15) is 4.79 Å². The molecule has 0 atom stereocenters. The van der Waals surface area contributed by atoms with Crippen LogP contribution in [-0.4, -0.2) is 39.0 Å². The number of likely N-dealkylation sites (tertiary alicyclic amines) is 1. The van der Waals surface area contributed by atoms with Crippen LogP contribution in [0, 0.1) is 0 Å². The minimum Gasteiger partial charge on any atom is -0.339 e. The van der Waals surface area contributed by atoms with Gasteiger partial charge in [0.25, 0.3) is 5.91 Å². The third kappa shape index (κ3) is 4.80. The lowest BCUT2D eigenvalue weighted by atomic mass is 9.83. The second-order valence-corrected chi connectivity index (χ2v) is 10.5. The Labute approximate surface area is 206 Å². The summed E-state index contributed by atoms with van der Waals surface area (Å²) in [6, 6.07) is 11.9. The first-order valence-corrected chi connectivity index (χ1v) is 12.9. The van der Waals surface area contributed by atoms with Crippen LogP contribution in [0.1, 0.15) is 67.8 Å². The number of benzene rings is 2. The molecule has 0 unspecified atom stereocenters. The molecular formula is C27H34ClN5O. The summed E-state index contributed by atoms with van der Waals surface area (Å²) in [5, 5.41) is 7.85. The smallest absolute Gasteiger partial charge is 0.253 e. The van der Waals surface area contributed by atoms with Crippen molar-refractivity contribution < 1.29 is 4.79 Å². The van der Waals surface area contributed by atoms with Crippen molar-refractivity contribution in [3.63, 3.8) is 0 Å². The molecule has 1 aliphatic heterocycles. The zero-order chi connectivity index (χ0) is 23.7. The third-order valence-corrected chi connectivity index (χ3v) is 7.80. The van der Waals surface area contributed by atoms with Crippen LogP contribution < -0.4 is 10.6 Å². The summed E-state index contributed by atoms with van der Waals surface area (Å²) in [7, 11) is 1.98. The Kier molecular flexibility index (Phi) is 6.54. The molecule has 1 aliphatic carbocycles. The van der Waals surface area contributed by atoms with Gasteiger partial charge in [-0.1, -0.05) is 36.9 Å². The molecule has 180 valence electrons. The van der Waals surface area contributed by atoms with Gasteiger partial charge in [-0.15, -0.1) is 0 Å². The van der Waals surface area contributed by atoms with Gasteiger partial charge in [0, 0.05) is 37.8 Å². The van der Waals surface area contributed by atoms with Gasteiger partial charge >= 0.3 is 0 Å². The van der Waals surface area contributed by atoms with Gasteiger partial charge in [0.1, 0.15) is 0 Å². The number of rotatable bonds is 6. The van der Waals surface area contributed by atoms with Gasteiger partial charge in [-0.05, 0) is 68.5 Å². The number of anilines is 2. The predicted molar refractivity (Wildman–Crippen MR) is 139 cm³/mol. The van der Waals surface area contributed by atoms with E-state index >= 15 is 0 Å². The highest BCUT2D eigenvalue weighted by molar-refractivity contribution is 6.33. The van der Waals surface area contributed by atoms with E-state index in [-0.39, 0.29) is 11.4 Å². The van der Waals surface area contributed by atoms with E-state index in [1.807, 2.05) is 40.8 Å². The number of halogens is 1. The molecule has 2 aliphatic rings. The number of nitrogens with one attached hydrogen (secondary N) is 2. The van der Waals surface area contributed by atoms with Crippen molar-refractivity contribution >= 4 is 40.2 Å². The van der Waals surface area contributed by atoms with Gasteiger partial charge in [0.15, 0.2) is 0 Å². The Morgan fingerprint density at radius 1 is 1.06 bits per heavy atom. The fourth-order valence-corrected chi connectivity index (χ4v) is 5.44. The Balaban J connectivity index is 1.34. The maximum absolute atomic E-state index is 12.8. The van der Waals surface area contributed by atoms with E-state index in [4.69, 9.17) is 16.6 Å². The van der Waals surface area contributed by atoms with Crippen molar-refractivity contribution in [1.29, 1.82) is 0 Å². The average Bonchev–Trinajstić information content (AvgIpc) is 3.48. The molecule has 5 rings (SSSR count). The molecule has 0 bridgehead atoms. The first-order chi connectivity index (χ1) is 16.4. The van der Waals surface area contributed by atoms with Crippen molar-refractivity contribution in [3.05, 3.63) is 52.5 Å². The number of imidazole rings is 1. The number of hydrogen-bond donors (Lipinski definition) is 2. The molecule has 2 N–H and O–H groups in total. The first-order valence-electron chi connectivity index (χ1n) is 12.5. The second-order valence-electron chi connectivity index (χ2n) is 10.1. The lowest BCUT2D eigenvalue weighted by molar-refractivity contribution is 0.0793.